The standard InChI is InChI=1S/C23H18FNO5S/c1-30-18-13-7-15(8-14-18)20-22(31(28,29)19-5-3-2-4-6-19)21(26)23(27)25(20)17-11-9-16(24)10-12-17/h2-14,20,26H,1H3/t20-/m1/s1. The van der Waals surface area contributed by atoms with Crippen molar-refractivity contribution >= 4 is 21.4 Å². The number of aliphatic hydroxyl groups is 1. The van der Waals surface area contributed by atoms with E-state index >= 15 is 0 Å². The van der Waals surface area contributed by atoms with E-state index in [2.05, 4.69) is 0 Å². The predicted octanol–water partition coefficient (Wildman–Crippen LogP) is 4.17. The van der Waals surface area contributed by atoms with Gasteiger partial charge in [0.25, 0.3) is 5.91 Å². The number of hydrogen-bond donors (Lipinski definition) is 1. The molecule has 0 aliphatic carbocycles. The number of aliphatic hydroxyl groups excluding tert-OH is 1. The van der Waals surface area contributed by atoms with Crippen molar-refractivity contribution < 1.29 is 27.4 Å². The minimum atomic E-state index is -4.22. The molecule has 31 heavy (non-hydrogen) atoms. The lowest BCUT2D eigenvalue weighted by Crippen LogP contribution is -2.31. The number of nitrogens with zero attached hydrogens (tertiary/aromatic N) is 1. The van der Waals surface area contributed by atoms with Crippen molar-refractivity contribution in [3.8, 4) is 5.75 Å². The Kier molecular flexibility index (Phi) is 5.24. The predicted molar refractivity (Wildman–Crippen MR) is 113 cm³/mol. The number of carbonyl (C=O) groups excluding carboxylic acids is 1. The molecular formula is C23H18FNO5S. The number of methoxy groups -OCH3 is 1. The van der Waals surface area contributed by atoms with Gasteiger partial charge in [-0.05, 0) is 54.1 Å². The average Bonchev–Trinajstić information content (AvgIpc) is 3.06. The topological polar surface area (TPSA) is 83.9 Å². The smallest absolute Gasteiger partial charge is 0.295 e. The number of anilines is 1. The average molecular weight is 439 g/mol. The molecule has 1 amide bonds. The molecule has 3 aromatic carbocycles. The Balaban J connectivity index is 1.93. The van der Waals surface area contributed by atoms with Gasteiger partial charge in [-0.25, -0.2) is 12.8 Å². The highest BCUT2D eigenvalue weighted by Gasteiger charge is 2.47. The fraction of sp³-hybridized carbons (Fsp3) is 0.0870. The highest BCUT2D eigenvalue weighted by atomic mass is 32.2. The molecule has 0 unspecified atom stereocenters. The first kappa shape index (κ1) is 20.6. The first-order chi connectivity index (χ1) is 14.8. The molecule has 1 aliphatic heterocycles. The molecular weight excluding hydrogens is 421 g/mol. The van der Waals surface area contributed by atoms with E-state index in [1.54, 1.807) is 42.5 Å². The van der Waals surface area contributed by atoms with E-state index in [1.165, 1.54) is 31.4 Å². The quantitative estimate of drug-likeness (QED) is 0.645. The van der Waals surface area contributed by atoms with Crippen LogP contribution in [0.3, 0.4) is 0 Å². The molecule has 1 aliphatic rings. The maximum absolute atomic E-state index is 13.5. The van der Waals surface area contributed by atoms with Crippen LogP contribution in [0.5, 0.6) is 5.75 Å². The van der Waals surface area contributed by atoms with E-state index in [0.29, 0.717) is 11.3 Å². The summed E-state index contributed by atoms with van der Waals surface area (Å²) in [5.74, 6) is -1.72. The highest BCUT2D eigenvalue weighted by molar-refractivity contribution is 7.95. The zero-order valence-corrected chi connectivity index (χ0v) is 17.2. The fourth-order valence-electron chi connectivity index (χ4n) is 3.54. The minimum Gasteiger partial charge on any atom is -0.502 e. The van der Waals surface area contributed by atoms with Crippen LogP contribution in [0.15, 0.2) is 94.4 Å². The first-order valence-corrected chi connectivity index (χ1v) is 10.8. The summed E-state index contributed by atoms with van der Waals surface area (Å²) >= 11 is 0. The third-order valence-corrected chi connectivity index (χ3v) is 6.93. The Morgan fingerprint density at radius 1 is 0.935 bits per heavy atom. The monoisotopic (exact) mass is 439 g/mol. The van der Waals surface area contributed by atoms with Crippen molar-refractivity contribution in [2.24, 2.45) is 0 Å². The Morgan fingerprint density at radius 3 is 2.13 bits per heavy atom. The van der Waals surface area contributed by atoms with Crippen LogP contribution in [0.2, 0.25) is 0 Å². The van der Waals surface area contributed by atoms with Crippen molar-refractivity contribution in [2.45, 2.75) is 10.9 Å². The minimum absolute atomic E-state index is 0.0520. The van der Waals surface area contributed by atoms with Crippen molar-refractivity contribution in [3.05, 3.63) is 101 Å². The van der Waals surface area contributed by atoms with Crippen molar-refractivity contribution in [1.29, 1.82) is 0 Å². The van der Waals surface area contributed by atoms with Gasteiger partial charge in [0.1, 0.15) is 22.5 Å². The van der Waals surface area contributed by atoms with Gasteiger partial charge in [0.05, 0.1) is 12.0 Å². The largest absolute Gasteiger partial charge is 0.502 e. The molecule has 0 bridgehead atoms. The van der Waals surface area contributed by atoms with Crippen LogP contribution in [-0.2, 0) is 14.6 Å². The molecule has 1 heterocycles. The zero-order chi connectivity index (χ0) is 22.2. The Labute approximate surface area is 178 Å². The van der Waals surface area contributed by atoms with Crippen LogP contribution in [0.1, 0.15) is 11.6 Å². The second kappa shape index (κ2) is 7.88. The molecule has 158 valence electrons. The molecule has 0 saturated carbocycles. The number of halogens is 1. The molecule has 0 spiro atoms. The molecule has 0 radical (unpaired) electrons. The summed E-state index contributed by atoms with van der Waals surface area (Å²) in [4.78, 5) is 13.7. The summed E-state index contributed by atoms with van der Waals surface area (Å²) in [6.07, 6.45) is 0. The van der Waals surface area contributed by atoms with Gasteiger partial charge in [-0.3, -0.25) is 9.69 Å². The lowest BCUT2D eigenvalue weighted by molar-refractivity contribution is -0.117. The van der Waals surface area contributed by atoms with Gasteiger partial charge in [-0.2, -0.15) is 0 Å². The Morgan fingerprint density at radius 2 is 1.55 bits per heavy atom. The maximum atomic E-state index is 13.5. The normalized spacial score (nSPS) is 16.6. The van der Waals surface area contributed by atoms with E-state index in [4.69, 9.17) is 4.74 Å². The summed E-state index contributed by atoms with van der Waals surface area (Å²) in [6.45, 7) is 0. The zero-order valence-electron chi connectivity index (χ0n) is 16.4. The van der Waals surface area contributed by atoms with Gasteiger partial charge in [0.2, 0.25) is 9.84 Å². The second-order valence-corrected chi connectivity index (χ2v) is 8.77. The lowest BCUT2D eigenvalue weighted by atomic mass is 10.1. The van der Waals surface area contributed by atoms with E-state index in [-0.39, 0.29) is 10.6 Å². The van der Waals surface area contributed by atoms with Gasteiger partial charge >= 0.3 is 0 Å². The Bertz CT molecular complexity index is 1250. The number of carbonyl (C=O) groups is 1. The summed E-state index contributed by atoms with van der Waals surface area (Å²) in [7, 11) is -2.73. The molecule has 0 aromatic heterocycles. The molecule has 1 N–H and O–H groups in total. The van der Waals surface area contributed by atoms with E-state index in [0.717, 1.165) is 17.0 Å². The van der Waals surface area contributed by atoms with Gasteiger partial charge in [0, 0.05) is 5.69 Å². The number of hydrogen-bond acceptors (Lipinski definition) is 5. The van der Waals surface area contributed by atoms with E-state index in [9.17, 15) is 22.7 Å². The maximum Gasteiger partial charge on any atom is 0.295 e. The summed E-state index contributed by atoms with van der Waals surface area (Å²) in [6, 6.07) is 18.0. The number of amides is 1. The molecule has 0 saturated heterocycles. The molecule has 0 fully saturated rings. The summed E-state index contributed by atoms with van der Waals surface area (Å²) in [5.41, 5.74) is 0.689. The van der Waals surface area contributed by atoms with E-state index < -0.39 is 38.3 Å². The van der Waals surface area contributed by atoms with Crippen LogP contribution < -0.4 is 9.64 Å². The van der Waals surface area contributed by atoms with Gasteiger partial charge in [-0.15, -0.1) is 0 Å². The molecule has 8 heteroatoms. The van der Waals surface area contributed by atoms with Crippen LogP contribution in [0.25, 0.3) is 0 Å². The summed E-state index contributed by atoms with van der Waals surface area (Å²) < 4.78 is 45.5. The van der Waals surface area contributed by atoms with Gasteiger partial charge < -0.3 is 9.84 Å². The molecule has 6 nitrogen and oxygen atoms in total. The number of ether oxygens (including phenoxy) is 1. The third-order valence-electron chi connectivity index (χ3n) is 5.04. The number of rotatable bonds is 5. The molecule has 3 aromatic rings. The fourth-order valence-corrected chi connectivity index (χ4v) is 5.19. The summed E-state index contributed by atoms with van der Waals surface area (Å²) in [5, 5.41) is 10.7. The van der Waals surface area contributed by atoms with Crippen LogP contribution in [-0.4, -0.2) is 26.5 Å². The van der Waals surface area contributed by atoms with Crippen LogP contribution in [0, 0.1) is 5.82 Å². The van der Waals surface area contributed by atoms with Crippen molar-refractivity contribution in [2.75, 3.05) is 12.0 Å². The Hall–Kier alpha value is -3.65. The van der Waals surface area contributed by atoms with E-state index in [1.807, 2.05) is 0 Å². The van der Waals surface area contributed by atoms with Gasteiger partial charge in [-0.1, -0.05) is 30.3 Å². The number of sulfone groups is 1. The van der Waals surface area contributed by atoms with Gasteiger partial charge in [0.15, 0.2) is 5.76 Å². The molecule has 4 rings (SSSR count). The lowest BCUT2D eigenvalue weighted by Gasteiger charge is -2.27. The number of benzene rings is 3. The molecule has 1 atom stereocenters. The highest BCUT2D eigenvalue weighted by Crippen LogP contribution is 2.45. The van der Waals surface area contributed by atoms with Crippen molar-refractivity contribution in [3.63, 3.8) is 0 Å². The first-order valence-electron chi connectivity index (χ1n) is 9.31. The van der Waals surface area contributed by atoms with Crippen LogP contribution >= 0.6 is 0 Å². The van der Waals surface area contributed by atoms with Crippen molar-refractivity contribution in [1.82, 2.24) is 0 Å². The second-order valence-electron chi connectivity index (χ2n) is 6.86. The van der Waals surface area contributed by atoms with Crippen LogP contribution in [0.4, 0.5) is 10.1 Å². The SMILES string of the molecule is COc1ccc([C@@H]2C(S(=O)(=O)c3ccccc3)=C(O)C(=O)N2c2ccc(F)cc2)cc1. The third kappa shape index (κ3) is 3.55.